The SMILES string of the molecule is [2H]C(C)(C)c1cc(-c2ccc3c(c2)ncc2ccccc23)cc(C([2H])(C)C)c1-c1ccnc(-c2cc(-c3cccc4c3nc(-c3cc(C(C)(C)C)cc(C(C)(C)C)c3O)n4-c3ccc(C(C)(C)C)cc3-c3ccccc3)cc(C(C)(C)C)c2)c1. The number of pyridine rings is 2. The molecule has 0 saturated heterocycles. The lowest BCUT2D eigenvalue weighted by atomic mass is 9.79. The van der Waals surface area contributed by atoms with Crippen LogP contribution >= 0.6 is 0 Å². The molecule has 11 rings (SSSR count). The number of phenolic OH excluding ortho intramolecular Hbond substituents is 1. The normalized spacial score (nSPS) is 13.3. The van der Waals surface area contributed by atoms with Crippen LogP contribution in [0.25, 0.3) is 106 Å². The molecule has 414 valence electrons. The Labute approximate surface area is 490 Å². The molecule has 3 heterocycles. The Bertz CT molecular complexity index is 4340. The molecule has 0 bridgehead atoms. The summed E-state index contributed by atoms with van der Waals surface area (Å²) >= 11 is 0. The number of hydrogen-bond donors (Lipinski definition) is 1. The molecule has 3 aromatic heterocycles. The van der Waals surface area contributed by atoms with Crippen LogP contribution in [0.15, 0.2) is 176 Å². The van der Waals surface area contributed by atoms with Crippen LogP contribution < -0.4 is 0 Å². The van der Waals surface area contributed by atoms with Crippen LogP contribution in [-0.2, 0) is 21.7 Å². The maximum atomic E-state index is 12.8. The monoisotopic (exact) mass is 1080 g/mol. The van der Waals surface area contributed by atoms with Crippen LogP contribution in [0.5, 0.6) is 5.75 Å². The average Bonchev–Trinajstić information content (AvgIpc) is 1.68. The highest BCUT2D eigenvalue weighted by Gasteiger charge is 2.31. The summed E-state index contributed by atoms with van der Waals surface area (Å²) in [6.45, 7) is 34.4. The molecule has 0 saturated carbocycles. The van der Waals surface area contributed by atoms with E-state index in [4.69, 9.17) is 15.0 Å². The molecule has 0 amide bonds. The van der Waals surface area contributed by atoms with Crippen molar-refractivity contribution in [3.05, 3.63) is 210 Å². The summed E-state index contributed by atoms with van der Waals surface area (Å²) in [4.78, 5) is 15.8. The number of aromatic hydroxyl groups is 1. The van der Waals surface area contributed by atoms with Crippen LogP contribution in [0.2, 0.25) is 0 Å². The van der Waals surface area contributed by atoms with Gasteiger partial charge in [-0.3, -0.25) is 14.5 Å². The van der Waals surface area contributed by atoms with Gasteiger partial charge < -0.3 is 5.11 Å². The number of aromatic nitrogens is 4. The highest BCUT2D eigenvalue weighted by Crippen LogP contribution is 2.47. The predicted octanol–water partition coefficient (Wildman–Crippen LogP) is 21.3. The lowest BCUT2D eigenvalue weighted by Crippen LogP contribution is -2.17. The van der Waals surface area contributed by atoms with Gasteiger partial charge in [0.25, 0.3) is 0 Å². The van der Waals surface area contributed by atoms with Crippen molar-refractivity contribution in [2.24, 2.45) is 0 Å². The van der Waals surface area contributed by atoms with Gasteiger partial charge in [-0.2, -0.15) is 0 Å². The Morgan fingerprint density at radius 3 is 1.78 bits per heavy atom. The molecule has 0 unspecified atom stereocenters. The first-order chi connectivity index (χ1) is 39.3. The fourth-order valence-corrected chi connectivity index (χ4v) is 11.7. The van der Waals surface area contributed by atoms with Crippen LogP contribution in [0.4, 0.5) is 0 Å². The zero-order valence-corrected chi connectivity index (χ0v) is 51.0. The van der Waals surface area contributed by atoms with E-state index in [1.807, 2.05) is 52.2 Å². The van der Waals surface area contributed by atoms with Gasteiger partial charge in [0.05, 0.1) is 33.5 Å². The van der Waals surface area contributed by atoms with Gasteiger partial charge in [0.1, 0.15) is 11.6 Å². The Hall–Kier alpha value is -8.15. The van der Waals surface area contributed by atoms with E-state index in [1.54, 1.807) is 0 Å². The summed E-state index contributed by atoms with van der Waals surface area (Å²) in [5.41, 5.74) is 18.9. The third-order valence-electron chi connectivity index (χ3n) is 16.5. The summed E-state index contributed by atoms with van der Waals surface area (Å²) in [5.74, 6) is -1.18. The minimum absolute atomic E-state index is 0.112. The number of benzene rings is 8. The van der Waals surface area contributed by atoms with E-state index in [9.17, 15) is 7.85 Å². The van der Waals surface area contributed by atoms with E-state index < -0.39 is 11.8 Å². The molecule has 8 aromatic carbocycles. The highest BCUT2D eigenvalue weighted by molar-refractivity contribution is 6.06. The van der Waals surface area contributed by atoms with Gasteiger partial charge in [0, 0.05) is 48.2 Å². The van der Waals surface area contributed by atoms with Crippen molar-refractivity contribution in [3.63, 3.8) is 0 Å². The van der Waals surface area contributed by atoms with Gasteiger partial charge in [0.15, 0.2) is 0 Å². The molecule has 0 aliphatic rings. The first-order valence-electron chi connectivity index (χ1n) is 30.0. The second kappa shape index (κ2) is 20.7. The summed E-state index contributed by atoms with van der Waals surface area (Å²) < 4.78 is 21.8. The first-order valence-corrected chi connectivity index (χ1v) is 29.0. The molecule has 1 N–H and O–H groups in total. The van der Waals surface area contributed by atoms with Gasteiger partial charge in [-0.15, -0.1) is 0 Å². The van der Waals surface area contributed by atoms with Crippen molar-refractivity contribution in [1.82, 2.24) is 19.5 Å². The van der Waals surface area contributed by atoms with Crippen molar-refractivity contribution in [2.75, 3.05) is 0 Å². The number of fused-ring (bicyclic) bond motifs is 4. The first kappa shape index (κ1) is 53.2. The second-order valence-corrected chi connectivity index (χ2v) is 27.2. The number of hydrogen-bond acceptors (Lipinski definition) is 4. The molecule has 82 heavy (non-hydrogen) atoms. The smallest absolute Gasteiger partial charge is 0.149 e. The molecule has 0 aliphatic carbocycles. The summed E-state index contributed by atoms with van der Waals surface area (Å²) in [6.07, 6.45) is 3.81. The van der Waals surface area contributed by atoms with E-state index in [-0.39, 0.29) is 27.4 Å². The fourth-order valence-electron chi connectivity index (χ4n) is 11.7. The van der Waals surface area contributed by atoms with E-state index in [0.29, 0.717) is 11.4 Å². The molecule has 0 fully saturated rings. The van der Waals surface area contributed by atoms with Crippen LogP contribution in [0.1, 0.15) is 159 Å². The number of rotatable bonds is 9. The van der Waals surface area contributed by atoms with Gasteiger partial charge in [0.2, 0.25) is 0 Å². The fraction of sp³-hybridized carbons (Fsp3) is 0.286. The van der Waals surface area contributed by atoms with E-state index in [2.05, 4.69) is 239 Å². The molecular formula is C77H80N4O. The van der Waals surface area contributed by atoms with E-state index in [0.717, 1.165) is 122 Å². The quantitative estimate of drug-likeness (QED) is 0.146. The van der Waals surface area contributed by atoms with E-state index >= 15 is 0 Å². The van der Waals surface area contributed by atoms with Crippen molar-refractivity contribution < 1.29 is 7.85 Å². The Kier molecular flexibility index (Phi) is 13.4. The minimum atomic E-state index is -1.03. The third-order valence-corrected chi connectivity index (χ3v) is 16.5. The standard InChI is InChI=1S/C77H80N4O/c1-46(2)61-38-52(49-29-31-60-58-26-21-20-25-51(58)45-79-67(60)40-49)39-62(47(3)4)70(61)50-33-34-78-66(41-50)54-35-53(36-56(37-54)75(8,9)10)59-27-22-28-69-71(59)80-73(64-43-57(76(11,12)13)44-65(72(64)82)77(14,15)16)81(69)68-32-30-55(74(5,6)7)42-63(68)48-23-18-17-19-24-48/h17-47,82H,1-16H3/i46D,47D. The van der Waals surface area contributed by atoms with Crippen molar-refractivity contribution in [1.29, 1.82) is 0 Å². The second-order valence-electron chi connectivity index (χ2n) is 27.2. The van der Waals surface area contributed by atoms with E-state index in [1.165, 1.54) is 5.56 Å². The Morgan fingerprint density at radius 2 is 1.11 bits per heavy atom. The maximum absolute atomic E-state index is 12.8. The zero-order valence-electron chi connectivity index (χ0n) is 53.0. The molecule has 11 aromatic rings. The lowest BCUT2D eigenvalue weighted by Gasteiger charge is -2.28. The average molecular weight is 1080 g/mol. The van der Waals surface area contributed by atoms with Gasteiger partial charge in [-0.05, 0) is 155 Å². The van der Waals surface area contributed by atoms with Crippen molar-refractivity contribution in [2.45, 2.75) is 144 Å². The third kappa shape index (κ3) is 10.4. The number of imidazole rings is 1. The molecule has 0 spiro atoms. The number of nitrogens with zero attached hydrogens (tertiary/aromatic N) is 4. The molecule has 5 nitrogen and oxygen atoms in total. The van der Waals surface area contributed by atoms with Crippen LogP contribution in [0.3, 0.4) is 0 Å². The lowest BCUT2D eigenvalue weighted by molar-refractivity contribution is 0.446. The molecular weight excluding hydrogens is 997 g/mol. The minimum Gasteiger partial charge on any atom is -0.507 e. The highest BCUT2D eigenvalue weighted by atomic mass is 16.3. The summed E-state index contributed by atoms with van der Waals surface area (Å²) in [6, 6.07) is 58.3. The molecule has 0 atom stereocenters. The van der Waals surface area contributed by atoms with Gasteiger partial charge in [-0.25, -0.2) is 4.98 Å². The Morgan fingerprint density at radius 1 is 0.463 bits per heavy atom. The summed E-state index contributed by atoms with van der Waals surface area (Å²) in [7, 11) is 0. The topological polar surface area (TPSA) is 63.8 Å². The van der Waals surface area contributed by atoms with Crippen LogP contribution in [0, 0.1) is 0 Å². The molecule has 0 aliphatic heterocycles. The zero-order chi connectivity index (χ0) is 60.2. The number of para-hydroxylation sites is 1. The van der Waals surface area contributed by atoms with Gasteiger partial charge in [-0.1, -0.05) is 220 Å². The van der Waals surface area contributed by atoms with Crippen molar-refractivity contribution in [3.8, 4) is 78.6 Å². The number of phenols is 1. The van der Waals surface area contributed by atoms with Gasteiger partial charge >= 0.3 is 0 Å². The van der Waals surface area contributed by atoms with Crippen LogP contribution in [-0.4, -0.2) is 24.6 Å². The Balaban J connectivity index is 1.13. The largest absolute Gasteiger partial charge is 0.507 e. The molecule has 0 radical (unpaired) electrons. The molecule has 5 heteroatoms. The van der Waals surface area contributed by atoms with Crippen molar-refractivity contribution >= 4 is 32.7 Å². The summed E-state index contributed by atoms with van der Waals surface area (Å²) in [5, 5.41) is 16.1. The maximum Gasteiger partial charge on any atom is 0.149 e. The predicted molar refractivity (Wildman–Crippen MR) is 349 cm³/mol.